The summed E-state index contributed by atoms with van der Waals surface area (Å²) in [7, 11) is 0. The third kappa shape index (κ3) is 5.70. The number of hydrogen-bond donors (Lipinski definition) is 0. The standard InChI is InChI=1S/C64H55N/c1-61(2)37-38-62(3,4)60-50(30-20-33-55(60)61)52-40-51-48-29-16-18-32-54(48)64(43-23-9-7-10-24-43,44-25-11-8-12-26-44)57(51)41-59(52)65(58-34-19-22-42-21-13-14-27-46(42)58)45-35-36-49-47-28-15-17-31-53(47)63(5,6)56(49)39-45/h7-36,39-41H,37-38H2,1-6H3. The molecular weight excluding hydrogens is 783 g/mol. The molecule has 0 saturated carbocycles. The molecule has 9 aromatic rings. The quantitative estimate of drug-likeness (QED) is 0.161. The van der Waals surface area contributed by atoms with E-state index in [-0.39, 0.29) is 16.2 Å². The number of anilines is 3. The fraction of sp³-hybridized carbons (Fsp3) is 0.188. The topological polar surface area (TPSA) is 3.24 Å². The first-order chi connectivity index (χ1) is 31.5. The van der Waals surface area contributed by atoms with Gasteiger partial charge in [0.2, 0.25) is 0 Å². The van der Waals surface area contributed by atoms with Gasteiger partial charge in [-0.25, -0.2) is 0 Å². The second-order valence-corrected chi connectivity index (χ2v) is 20.7. The van der Waals surface area contributed by atoms with Crippen LogP contribution in [0.4, 0.5) is 17.1 Å². The summed E-state index contributed by atoms with van der Waals surface area (Å²) >= 11 is 0. The lowest BCUT2D eigenvalue weighted by molar-refractivity contribution is 0.333. The second kappa shape index (κ2) is 14.3. The van der Waals surface area contributed by atoms with Crippen molar-refractivity contribution < 1.29 is 0 Å². The molecule has 1 heteroatoms. The van der Waals surface area contributed by atoms with Gasteiger partial charge in [-0.05, 0) is 132 Å². The maximum absolute atomic E-state index is 2.63. The average molecular weight is 838 g/mol. The lowest BCUT2D eigenvalue weighted by Crippen LogP contribution is -2.34. The molecule has 0 N–H and O–H groups in total. The van der Waals surface area contributed by atoms with E-state index in [4.69, 9.17) is 0 Å². The van der Waals surface area contributed by atoms with Gasteiger partial charge in [-0.15, -0.1) is 0 Å². The Bertz CT molecular complexity index is 3300. The fourth-order valence-corrected chi connectivity index (χ4v) is 12.5. The summed E-state index contributed by atoms with van der Waals surface area (Å²) in [6, 6.07) is 76.2. The Morgan fingerprint density at radius 3 is 1.65 bits per heavy atom. The molecule has 0 spiro atoms. The highest BCUT2D eigenvalue weighted by Crippen LogP contribution is 2.61. The predicted molar refractivity (Wildman–Crippen MR) is 274 cm³/mol. The molecule has 3 aliphatic carbocycles. The van der Waals surface area contributed by atoms with E-state index in [1.807, 2.05) is 0 Å². The van der Waals surface area contributed by atoms with Crippen molar-refractivity contribution in [2.24, 2.45) is 0 Å². The summed E-state index contributed by atoms with van der Waals surface area (Å²) in [5, 5.41) is 2.45. The molecule has 0 aromatic heterocycles. The van der Waals surface area contributed by atoms with E-state index in [9.17, 15) is 0 Å². The Morgan fingerprint density at radius 2 is 0.908 bits per heavy atom. The Labute approximate surface area is 385 Å². The third-order valence-corrected chi connectivity index (χ3v) is 15.8. The smallest absolute Gasteiger partial charge is 0.0714 e. The van der Waals surface area contributed by atoms with Gasteiger partial charge < -0.3 is 4.90 Å². The van der Waals surface area contributed by atoms with Gasteiger partial charge in [0.25, 0.3) is 0 Å². The predicted octanol–water partition coefficient (Wildman–Crippen LogP) is 17.0. The molecule has 0 atom stereocenters. The van der Waals surface area contributed by atoms with Crippen LogP contribution in [0.3, 0.4) is 0 Å². The molecule has 0 fully saturated rings. The van der Waals surface area contributed by atoms with Crippen molar-refractivity contribution in [1.82, 2.24) is 0 Å². The van der Waals surface area contributed by atoms with Crippen molar-refractivity contribution >= 4 is 27.8 Å². The largest absolute Gasteiger partial charge is 0.309 e. The molecule has 3 aliphatic rings. The zero-order valence-corrected chi connectivity index (χ0v) is 38.4. The Morgan fingerprint density at radius 1 is 0.354 bits per heavy atom. The van der Waals surface area contributed by atoms with Crippen LogP contribution in [0.25, 0.3) is 44.2 Å². The van der Waals surface area contributed by atoms with Gasteiger partial charge in [0.1, 0.15) is 0 Å². The molecule has 0 unspecified atom stereocenters. The van der Waals surface area contributed by atoms with E-state index in [0.717, 1.165) is 18.5 Å². The molecule has 9 aromatic carbocycles. The van der Waals surface area contributed by atoms with Gasteiger partial charge in [-0.3, -0.25) is 0 Å². The highest BCUT2D eigenvalue weighted by Gasteiger charge is 2.48. The van der Waals surface area contributed by atoms with Gasteiger partial charge >= 0.3 is 0 Å². The molecule has 65 heavy (non-hydrogen) atoms. The molecule has 316 valence electrons. The Hall–Kier alpha value is -6.96. The summed E-state index contributed by atoms with van der Waals surface area (Å²) in [5.74, 6) is 0. The number of fused-ring (bicyclic) bond motifs is 8. The van der Waals surface area contributed by atoms with Gasteiger partial charge in [-0.1, -0.05) is 211 Å². The SMILES string of the molecule is CC1(C)CCC(C)(C)c2c(-c3cc4c(cc3N(c3ccc5c(c3)C(C)(C)c3ccccc3-5)c3cccc5ccccc35)C(c3ccccc3)(c3ccccc3)c3ccccc3-4)cccc21. The minimum atomic E-state index is -0.564. The van der Waals surface area contributed by atoms with Crippen molar-refractivity contribution in [3.8, 4) is 33.4 Å². The molecular formula is C64H55N. The van der Waals surface area contributed by atoms with E-state index in [0.29, 0.717) is 0 Å². The summed E-state index contributed by atoms with van der Waals surface area (Å²) in [6.07, 6.45) is 2.29. The van der Waals surface area contributed by atoms with Gasteiger partial charge in [0.05, 0.1) is 16.8 Å². The van der Waals surface area contributed by atoms with Crippen LogP contribution in [0.1, 0.15) is 98.9 Å². The minimum Gasteiger partial charge on any atom is -0.309 e. The van der Waals surface area contributed by atoms with E-state index < -0.39 is 5.41 Å². The lowest BCUT2D eigenvalue weighted by atomic mass is 9.61. The number of benzene rings is 9. The second-order valence-electron chi connectivity index (χ2n) is 20.7. The fourth-order valence-electron chi connectivity index (χ4n) is 12.5. The zero-order chi connectivity index (χ0) is 44.3. The average Bonchev–Trinajstić information content (AvgIpc) is 3.75. The number of hydrogen-bond acceptors (Lipinski definition) is 1. The third-order valence-electron chi connectivity index (χ3n) is 15.8. The van der Waals surface area contributed by atoms with Crippen LogP contribution >= 0.6 is 0 Å². The summed E-state index contributed by atoms with van der Waals surface area (Å²) in [4.78, 5) is 2.63. The molecule has 0 bridgehead atoms. The van der Waals surface area contributed by atoms with Gasteiger partial charge in [-0.2, -0.15) is 0 Å². The van der Waals surface area contributed by atoms with Crippen LogP contribution in [0.15, 0.2) is 200 Å². The highest BCUT2D eigenvalue weighted by atomic mass is 15.1. The summed E-state index contributed by atoms with van der Waals surface area (Å²) in [5.41, 5.74) is 21.5. The van der Waals surface area contributed by atoms with Crippen LogP contribution < -0.4 is 4.90 Å². The molecule has 1 nitrogen and oxygen atoms in total. The van der Waals surface area contributed by atoms with Crippen LogP contribution in [0.5, 0.6) is 0 Å². The van der Waals surface area contributed by atoms with Crippen LogP contribution in [0, 0.1) is 0 Å². The van der Waals surface area contributed by atoms with Crippen LogP contribution in [0.2, 0.25) is 0 Å². The van der Waals surface area contributed by atoms with Crippen molar-refractivity contribution in [1.29, 1.82) is 0 Å². The van der Waals surface area contributed by atoms with Gasteiger partial charge in [0, 0.05) is 22.1 Å². The van der Waals surface area contributed by atoms with Crippen molar-refractivity contribution in [3.05, 3.63) is 245 Å². The van der Waals surface area contributed by atoms with Crippen LogP contribution in [-0.2, 0) is 21.7 Å². The normalized spacial score (nSPS) is 16.5. The minimum absolute atomic E-state index is 0.0267. The highest BCUT2D eigenvalue weighted by molar-refractivity contribution is 6.04. The Kier molecular flexibility index (Phi) is 8.70. The maximum atomic E-state index is 2.63. The Balaban J connectivity index is 1.25. The monoisotopic (exact) mass is 837 g/mol. The number of rotatable bonds is 6. The van der Waals surface area contributed by atoms with E-state index in [1.165, 1.54) is 100 Å². The molecule has 0 radical (unpaired) electrons. The van der Waals surface area contributed by atoms with Crippen LogP contribution in [-0.4, -0.2) is 0 Å². The summed E-state index contributed by atoms with van der Waals surface area (Å²) in [6.45, 7) is 14.7. The van der Waals surface area contributed by atoms with E-state index in [1.54, 1.807) is 0 Å². The molecule has 0 amide bonds. The first-order valence-corrected chi connectivity index (χ1v) is 23.6. The molecule has 12 rings (SSSR count). The first-order valence-electron chi connectivity index (χ1n) is 23.6. The van der Waals surface area contributed by atoms with Crippen molar-refractivity contribution in [2.75, 3.05) is 4.90 Å². The number of nitrogens with zero attached hydrogens (tertiary/aromatic N) is 1. The molecule has 0 saturated heterocycles. The molecule has 0 aliphatic heterocycles. The summed E-state index contributed by atoms with van der Waals surface area (Å²) < 4.78 is 0. The van der Waals surface area contributed by atoms with Crippen molar-refractivity contribution in [3.63, 3.8) is 0 Å². The van der Waals surface area contributed by atoms with E-state index in [2.05, 4.69) is 247 Å². The lowest BCUT2D eigenvalue weighted by Gasteiger charge is -2.43. The zero-order valence-electron chi connectivity index (χ0n) is 38.4. The van der Waals surface area contributed by atoms with E-state index >= 15 is 0 Å². The molecule has 0 heterocycles. The first kappa shape index (κ1) is 39.6. The van der Waals surface area contributed by atoms with Gasteiger partial charge in [0.15, 0.2) is 0 Å². The maximum Gasteiger partial charge on any atom is 0.0714 e. The van der Waals surface area contributed by atoms with Crippen molar-refractivity contribution in [2.45, 2.75) is 76.0 Å².